The predicted molar refractivity (Wildman–Crippen MR) is 79.1 cm³/mol. The first-order valence-corrected chi connectivity index (χ1v) is 8.35. The summed E-state index contributed by atoms with van der Waals surface area (Å²) >= 11 is 1.22. The summed E-state index contributed by atoms with van der Waals surface area (Å²) in [6.07, 6.45) is 0.415. The van der Waals surface area contributed by atoms with Crippen molar-refractivity contribution in [3.05, 3.63) is 18.2 Å². The normalized spacial score (nSPS) is 12.0. The number of hydrogen-bond acceptors (Lipinski definition) is 5. The Bertz CT molecular complexity index is 750. The predicted octanol–water partition coefficient (Wildman–Crippen LogP) is 1.93. The molecule has 0 bridgehead atoms. The first-order valence-electron chi connectivity index (χ1n) is 5.99. The maximum Gasteiger partial charge on any atom is 0.238 e. The second kappa shape index (κ2) is 5.47. The van der Waals surface area contributed by atoms with Crippen LogP contribution in [0.15, 0.2) is 23.1 Å². The fourth-order valence-electron chi connectivity index (χ4n) is 1.68. The zero-order valence-corrected chi connectivity index (χ0v) is 12.7. The van der Waals surface area contributed by atoms with Crippen molar-refractivity contribution in [2.24, 2.45) is 11.1 Å². The van der Waals surface area contributed by atoms with Crippen LogP contribution in [-0.4, -0.2) is 19.3 Å². The SMILES string of the molecule is CC(C)CC(=O)Nc1nc2ccc(S(N)(=O)=O)cc2s1. The first-order chi connectivity index (χ1) is 9.25. The summed E-state index contributed by atoms with van der Waals surface area (Å²) in [5.41, 5.74) is 0.627. The van der Waals surface area contributed by atoms with E-state index in [0.717, 1.165) is 0 Å². The molecular weight excluding hydrogens is 298 g/mol. The highest BCUT2D eigenvalue weighted by molar-refractivity contribution is 7.89. The molecule has 6 nitrogen and oxygen atoms in total. The first kappa shape index (κ1) is 14.9. The van der Waals surface area contributed by atoms with Crippen LogP contribution >= 0.6 is 11.3 Å². The molecule has 2 aromatic rings. The number of anilines is 1. The van der Waals surface area contributed by atoms with Gasteiger partial charge in [0, 0.05) is 6.42 Å². The van der Waals surface area contributed by atoms with Crippen molar-refractivity contribution < 1.29 is 13.2 Å². The van der Waals surface area contributed by atoms with Crippen molar-refractivity contribution in [2.75, 3.05) is 5.32 Å². The van der Waals surface area contributed by atoms with Crippen LogP contribution < -0.4 is 10.5 Å². The molecule has 1 aromatic heterocycles. The molecule has 0 spiro atoms. The van der Waals surface area contributed by atoms with Crippen molar-refractivity contribution in [1.29, 1.82) is 0 Å². The van der Waals surface area contributed by atoms with Gasteiger partial charge >= 0.3 is 0 Å². The van der Waals surface area contributed by atoms with E-state index < -0.39 is 10.0 Å². The molecule has 3 N–H and O–H groups in total. The smallest absolute Gasteiger partial charge is 0.238 e. The number of aromatic nitrogens is 1. The summed E-state index contributed by atoms with van der Waals surface area (Å²) in [6.45, 7) is 3.91. The number of sulfonamides is 1. The molecular formula is C12H15N3O3S2. The van der Waals surface area contributed by atoms with Gasteiger partial charge < -0.3 is 5.32 Å². The monoisotopic (exact) mass is 313 g/mol. The van der Waals surface area contributed by atoms with Crippen molar-refractivity contribution >= 4 is 42.6 Å². The Kier molecular flexibility index (Phi) is 4.07. The lowest BCUT2D eigenvalue weighted by atomic mass is 10.1. The Morgan fingerprint density at radius 1 is 1.45 bits per heavy atom. The van der Waals surface area contributed by atoms with E-state index in [4.69, 9.17) is 5.14 Å². The van der Waals surface area contributed by atoms with Gasteiger partial charge in [-0.1, -0.05) is 25.2 Å². The standard InChI is InChI=1S/C12H15N3O3S2/c1-7(2)5-11(16)15-12-14-9-4-3-8(20(13,17)18)6-10(9)19-12/h3-4,6-7H,5H2,1-2H3,(H2,13,17,18)(H,14,15,16). The van der Waals surface area contributed by atoms with E-state index in [2.05, 4.69) is 10.3 Å². The molecule has 2 rings (SSSR count). The molecule has 0 aliphatic rings. The molecule has 8 heteroatoms. The lowest BCUT2D eigenvalue weighted by molar-refractivity contribution is -0.116. The van der Waals surface area contributed by atoms with Gasteiger partial charge in [0.05, 0.1) is 15.1 Å². The molecule has 0 aliphatic heterocycles. The number of nitrogens with zero attached hydrogens (tertiary/aromatic N) is 1. The molecule has 20 heavy (non-hydrogen) atoms. The molecule has 0 aliphatic carbocycles. The molecule has 1 heterocycles. The number of rotatable bonds is 4. The maximum absolute atomic E-state index is 11.7. The maximum atomic E-state index is 11.7. The largest absolute Gasteiger partial charge is 0.302 e. The molecule has 108 valence electrons. The van der Waals surface area contributed by atoms with Gasteiger partial charge in [0.1, 0.15) is 0 Å². The number of thiazole rings is 1. The molecule has 0 atom stereocenters. The third-order valence-corrected chi connectivity index (χ3v) is 4.37. The Hall–Kier alpha value is -1.51. The second-order valence-corrected chi connectivity index (χ2v) is 7.43. The van der Waals surface area contributed by atoms with E-state index >= 15 is 0 Å². The number of carbonyl (C=O) groups excluding carboxylic acids is 1. The lowest BCUT2D eigenvalue weighted by Crippen LogP contribution is -2.13. The van der Waals surface area contributed by atoms with Gasteiger partial charge in [-0.05, 0) is 24.1 Å². The number of primary sulfonamides is 1. The molecule has 0 unspecified atom stereocenters. The summed E-state index contributed by atoms with van der Waals surface area (Å²) in [5, 5.41) is 8.24. The van der Waals surface area contributed by atoms with Gasteiger partial charge in [0.15, 0.2) is 5.13 Å². The minimum absolute atomic E-state index is 0.0358. The van der Waals surface area contributed by atoms with Gasteiger partial charge in [-0.25, -0.2) is 18.5 Å². The van der Waals surface area contributed by atoms with Crippen LogP contribution in [0.25, 0.3) is 10.2 Å². The van der Waals surface area contributed by atoms with Crippen molar-refractivity contribution in [2.45, 2.75) is 25.2 Å². The highest BCUT2D eigenvalue weighted by Crippen LogP contribution is 2.28. The minimum Gasteiger partial charge on any atom is -0.302 e. The van der Waals surface area contributed by atoms with E-state index in [-0.39, 0.29) is 16.7 Å². The second-order valence-electron chi connectivity index (χ2n) is 4.84. The number of nitrogens with one attached hydrogen (secondary N) is 1. The number of carbonyl (C=O) groups is 1. The van der Waals surface area contributed by atoms with E-state index in [1.165, 1.54) is 23.5 Å². The summed E-state index contributed by atoms with van der Waals surface area (Å²) in [5.74, 6) is 0.157. The van der Waals surface area contributed by atoms with Crippen LogP contribution in [0.5, 0.6) is 0 Å². The Labute approximate surface area is 121 Å². The van der Waals surface area contributed by atoms with E-state index in [1.807, 2.05) is 13.8 Å². The molecule has 1 aromatic carbocycles. The fraction of sp³-hybridized carbons (Fsp3) is 0.333. The average molecular weight is 313 g/mol. The summed E-state index contributed by atoms with van der Waals surface area (Å²) in [6, 6.07) is 4.43. The number of hydrogen-bond donors (Lipinski definition) is 2. The molecule has 0 saturated carbocycles. The third-order valence-electron chi connectivity index (χ3n) is 2.53. The zero-order valence-electron chi connectivity index (χ0n) is 11.1. The van der Waals surface area contributed by atoms with Gasteiger partial charge in [-0.3, -0.25) is 4.79 Å². The van der Waals surface area contributed by atoms with E-state index in [0.29, 0.717) is 21.8 Å². The zero-order chi connectivity index (χ0) is 14.9. The molecule has 0 radical (unpaired) electrons. The summed E-state index contributed by atoms with van der Waals surface area (Å²) in [7, 11) is -3.73. The quantitative estimate of drug-likeness (QED) is 0.900. The number of nitrogens with two attached hydrogens (primary N) is 1. The Morgan fingerprint density at radius 2 is 2.15 bits per heavy atom. The molecule has 1 amide bonds. The van der Waals surface area contributed by atoms with Crippen LogP contribution in [0.4, 0.5) is 5.13 Å². The summed E-state index contributed by atoms with van der Waals surface area (Å²) in [4.78, 5) is 15.9. The number of benzene rings is 1. The van der Waals surface area contributed by atoms with Crippen LogP contribution in [0.1, 0.15) is 20.3 Å². The van der Waals surface area contributed by atoms with Gasteiger partial charge in [0.25, 0.3) is 0 Å². The van der Waals surface area contributed by atoms with Gasteiger partial charge in [-0.15, -0.1) is 0 Å². The number of amides is 1. The Morgan fingerprint density at radius 3 is 2.75 bits per heavy atom. The van der Waals surface area contributed by atoms with Crippen LogP contribution in [0.3, 0.4) is 0 Å². The molecule has 0 saturated heterocycles. The lowest BCUT2D eigenvalue weighted by Gasteiger charge is -2.03. The van der Waals surface area contributed by atoms with E-state index in [9.17, 15) is 13.2 Å². The van der Waals surface area contributed by atoms with Crippen molar-refractivity contribution in [3.8, 4) is 0 Å². The highest BCUT2D eigenvalue weighted by Gasteiger charge is 2.12. The third kappa shape index (κ3) is 3.53. The van der Waals surface area contributed by atoms with Crippen molar-refractivity contribution in [3.63, 3.8) is 0 Å². The highest BCUT2D eigenvalue weighted by atomic mass is 32.2. The van der Waals surface area contributed by atoms with E-state index in [1.54, 1.807) is 6.07 Å². The Balaban J connectivity index is 2.28. The van der Waals surface area contributed by atoms with Crippen LogP contribution in [0.2, 0.25) is 0 Å². The summed E-state index contributed by atoms with van der Waals surface area (Å²) < 4.78 is 23.2. The van der Waals surface area contributed by atoms with Crippen LogP contribution in [-0.2, 0) is 14.8 Å². The number of fused-ring (bicyclic) bond motifs is 1. The van der Waals surface area contributed by atoms with Crippen molar-refractivity contribution in [1.82, 2.24) is 4.98 Å². The topological polar surface area (TPSA) is 102 Å². The minimum atomic E-state index is -3.73. The van der Waals surface area contributed by atoms with Gasteiger partial charge in [0.2, 0.25) is 15.9 Å². The van der Waals surface area contributed by atoms with Gasteiger partial charge in [-0.2, -0.15) is 0 Å². The molecule has 0 fully saturated rings. The average Bonchev–Trinajstić information content (AvgIpc) is 2.66. The van der Waals surface area contributed by atoms with Crippen LogP contribution in [0, 0.1) is 5.92 Å². The fourth-order valence-corrected chi connectivity index (χ4v) is 3.21.